The van der Waals surface area contributed by atoms with Crippen LogP contribution in [0.4, 0.5) is 0 Å². The highest BCUT2D eigenvalue weighted by atomic mass is 16.5. The number of nitrogens with one attached hydrogen (secondary N) is 1. The van der Waals surface area contributed by atoms with Crippen molar-refractivity contribution in [2.75, 3.05) is 26.8 Å². The Bertz CT molecular complexity index is 473. The molecule has 0 spiro atoms. The van der Waals surface area contributed by atoms with Crippen LogP contribution in [-0.2, 0) is 16.1 Å². The summed E-state index contributed by atoms with van der Waals surface area (Å²) in [6.07, 6.45) is 5.42. The zero-order valence-corrected chi connectivity index (χ0v) is 14.5. The molecule has 1 aliphatic rings. The molecule has 23 heavy (non-hydrogen) atoms. The van der Waals surface area contributed by atoms with E-state index in [0.717, 1.165) is 31.7 Å². The van der Waals surface area contributed by atoms with Gasteiger partial charge in [0, 0.05) is 39.3 Å². The first-order chi connectivity index (χ1) is 11.2. The van der Waals surface area contributed by atoms with Crippen LogP contribution in [0.15, 0.2) is 24.3 Å². The summed E-state index contributed by atoms with van der Waals surface area (Å²) in [6.45, 7) is 5.46. The normalized spacial score (nSPS) is 18.8. The van der Waals surface area contributed by atoms with Crippen molar-refractivity contribution in [3.05, 3.63) is 35.4 Å². The summed E-state index contributed by atoms with van der Waals surface area (Å²) in [7, 11) is 1.76. The maximum absolute atomic E-state index is 12.1. The predicted octanol–water partition coefficient (Wildman–Crippen LogP) is 2.89. The second kappa shape index (κ2) is 9.68. The number of ether oxygens (including phenoxy) is 1. The molecular formula is C19H30N2O2. The first kappa shape index (κ1) is 18.0. The van der Waals surface area contributed by atoms with E-state index in [4.69, 9.17) is 4.74 Å². The van der Waals surface area contributed by atoms with E-state index in [1.165, 1.54) is 24.8 Å². The maximum atomic E-state index is 12.1. The Balaban J connectivity index is 1.70. The predicted molar refractivity (Wildman–Crippen MR) is 93.3 cm³/mol. The summed E-state index contributed by atoms with van der Waals surface area (Å²) in [5.74, 6) is 0.140. The van der Waals surface area contributed by atoms with Gasteiger partial charge in [0.25, 0.3) is 0 Å². The molecule has 1 aromatic carbocycles. The fraction of sp³-hybridized carbons (Fsp3) is 0.632. The summed E-state index contributed by atoms with van der Waals surface area (Å²) in [5.41, 5.74) is 2.40. The number of piperidine rings is 1. The van der Waals surface area contributed by atoms with Gasteiger partial charge in [-0.3, -0.25) is 9.69 Å². The molecule has 4 heteroatoms. The van der Waals surface area contributed by atoms with Crippen LogP contribution in [0, 0.1) is 6.92 Å². The van der Waals surface area contributed by atoms with Crippen LogP contribution in [0.3, 0.4) is 0 Å². The number of amides is 1. The Morgan fingerprint density at radius 2 is 2.09 bits per heavy atom. The molecule has 0 radical (unpaired) electrons. The molecule has 0 unspecified atom stereocenters. The van der Waals surface area contributed by atoms with Gasteiger partial charge in [-0.2, -0.15) is 0 Å². The third-order valence-electron chi connectivity index (χ3n) is 4.64. The smallest absolute Gasteiger partial charge is 0.221 e. The molecule has 128 valence electrons. The summed E-state index contributed by atoms with van der Waals surface area (Å²) >= 11 is 0. The largest absolute Gasteiger partial charge is 0.385 e. The molecular weight excluding hydrogens is 288 g/mol. The van der Waals surface area contributed by atoms with Crippen molar-refractivity contribution in [1.82, 2.24) is 10.2 Å². The molecule has 1 aliphatic heterocycles. The van der Waals surface area contributed by atoms with Gasteiger partial charge in [0.2, 0.25) is 5.91 Å². The van der Waals surface area contributed by atoms with Crippen LogP contribution >= 0.6 is 0 Å². The van der Waals surface area contributed by atoms with E-state index < -0.39 is 0 Å². The van der Waals surface area contributed by atoms with E-state index in [9.17, 15) is 4.79 Å². The van der Waals surface area contributed by atoms with E-state index in [-0.39, 0.29) is 5.91 Å². The van der Waals surface area contributed by atoms with Gasteiger partial charge in [0.1, 0.15) is 0 Å². The van der Waals surface area contributed by atoms with E-state index in [1.807, 2.05) is 0 Å². The van der Waals surface area contributed by atoms with Crippen molar-refractivity contribution in [3.63, 3.8) is 0 Å². The Kier molecular flexibility index (Phi) is 7.56. The van der Waals surface area contributed by atoms with Gasteiger partial charge in [-0.05, 0) is 38.3 Å². The highest BCUT2D eigenvalue weighted by Crippen LogP contribution is 2.19. The minimum atomic E-state index is 0.140. The third-order valence-corrected chi connectivity index (χ3v) is 4.64. The second-order valence-corrected chi connectivity index (χ2v) is 6.48. The Morgan fingerprint density at radius 3 is 2.83 bits per heavy atom. The number of hydrogen-bond acceptors (Lipinski definition) is 3. The van der Waals surface area contributed by atoms with Crippen LogP contribution in [0.5, 0.6) is 0 Å². The van der Waals surface area contributed by atoms with Crippen molar-refractivity contribution in [2.45, 2.75) is 51.6 Å². The summed E-state index contributed by atoms with van der Waals surface area (Å²) in [6, 6.07) is 8.88. The van der Waals surface area contributed by atoms with Crippen molar-refractivity contribution in [1.29, 1.82) is 0 Å². The number of rotatable bonds is 8. The first-order valence-electron chi connectivity index (χ1n) is 8.74. The van der Waals surface area contributed by atoms with Gasteiger partial charge < -0.3 is 10.1 Å². The van der Waals surface area contributed by atoms with E-state index >= 15 is 0 Å². The van der Waals surface area contributed by atoms with Crippen LogP contribution in [0.2, 0.25) is 0 Å². The number of aryl methyl sites for hydroxylation is 1. The molecule has 1 heterocycles. The van der Waals surface area contributed by atoms with Gasteiger partial charge in [-0.1, -0.05) is 36.2 Å². The lowest BCUT2D eigenvalue weighted by Crippen LogP contribution is -2.42. The second-order valence-electron chi connectivity index (χ2n) is 6.48. The van der Waals surface area contributed by atoms with Gasteiger partial charge in [0.05, 0.1) is 0 Å². The standard InChI is InChI=1S/C19H30N2O2/c1-16-6-8-17(9-7-16)15-20-19(22)10-13-21-12-4-3-5-18(21)11-14-23-2/h6-9,18H,3-5,10-15H2,1-2H3,(H,20,22)/t18-/m0/s1. The molecule has 0 aliphatic carbocycles. The Labute approximate surface area is 140 Å². The molecule has 0 saturated carbocycles. The van der Waals surface area contributed by atoms with E-state index in [2.05, 4.69) is 41.4 Å². The molecule has 4 nitrogen and oxygen atoms in total. The number of benzene rings is 1. The van der Waals surface area contributed by atoms with E-state index in [0.29, 0.717) is 19.0 Å². The number of nitrogens with zero attached hydrogens (tertiary/aromatic N) is 1. The van der Waals surface area contributed by atoms with Crippen molar-refractivity contribution < 1.29 is 9.53 Å². The van der Waals surface area contributed by atoms with Crippen LogP contribution in [0.25, 0.3) is 0 Å². The molecule has 2 rings (SSSR count). The molecule has 1 N–H and O–H groups in total. The SMILES string of the molecule is COCC[C@@H]1CCCCN1CCC(=O)NCc1ccc(C)cc1. The number of likely N-dealkylation sites (tertiary alicyclic amines) is 1. The summed E-state index contributed by atoms with van der Waals surface area (Å²) in [4.78, 5) is 14.6. The molecule has 1 amide bonds. The number of carbonyl (C=O) groups excluding carboxylic acids is 1. The average molecular weight is 318 g/mol. The van der Waals surface area contributed by atoms with Crippen LogP contribution < -0.4 is 5.32 Å². The Hall–Kier alpha value is -1.39. The highest BCUT2D eigenvalue weighted by Gasteiger charge is 2.22. The minimum absolute atomic E-state index is 0.140. The fourth-order valence-electron chi connectivity index (χ4n) is 3.18. The lowest BCUT2D eigenvalue weighted by molar-refractivity contribution is -0.121. The van der Waals surface area contributed by atoms with Crippen molar-refractivity contribution in [2.24, 2.45) is 0 Å². The lowest BCUT2D eigenvalue weighted by Gasteiger charge is -2.35. The van der Waals surface area contributed by atoms with Gasteiger partial charge in [-0.25, -0.2) is 0 Å². The molecule has 0 bridgehead atoms. The number of carbonyl (C=O) groups is 1. The maximum Gasteiger partial charge on any atom is 0.221 e. The number of methoxy groups -OCH3 is 1. The lowest BCUT2D eigenvalue weighted by atomic mass is 9.99. The van der Waals surface area contributed by atoms with Gasteiger partial charge in [0.15, 0.2) is 0 Å². The third kappa shape index (κ3) is 6.32. The molecule has 1 aromatic rings. The first-order valence-corrected chi connectivity index (χ1v) is 8.74. The van der Waals surface area contributed by atoms with Crippen molar-refractivity contribution >= 4 is 5.91 Å². The topological polar surface area (TPSA) is 41.6 Å². The summed E-state index contributed by atoms with van der Waals surface area (Å²) in [5, 5.41) is 3.03. The van der Waals surface area contributed by atoms with Crippen LogP contribution in [-0.4, -0.2) is 43.7 Å². The summed E-state index contributed by atoms with van der Waals surface area (Å²) < 4.78 is 5.21. The fourth-order valence-corrected chi connectivity index (χ4v) is 3.18. The quantitative estimate of drug-likeness (QED) is 0.801. The Morgan fingerprint density at radius 1 is 1.30 bits per heavy atom. The molecule has 1 fully saturated rings. The van der Waals surface area contributed by atoms with E-state index in [1.54, 1.807) is 7.11 Å². The molecule has 0 aromatic heterocycles. The number of hydrogen-bond donors (Lipinski definition) is 1. The van der Waals surface area contributed by atoms with Crippen LogP contribution in [0.1, 0.15) is 43.2 Å². The molecule has 1 saturated heterocycles. The minimum Gasteiger partial charge on any atom is -0.385 e. The highest BCUT2D eigenvalue weighted by molar-refractivity contribution is 5.76. The van der Waals surface area contributed by atoms with Gasteiger partial charge >= 0.3 is 0 Å². The zero-order valence-electron chi connectivity index (χ0n) is 14.5. The molecule has 1 atom stereocenters. The monoisotopic (exact) mass is 318 g/mol. The van der Waals surface area contributed by atoms with Crippen molar-refractivity contribution in [3.8, 4) is 0 Å². The zero-order chi connectivity index (χ0) is 16.5. The average Bonchev–Trinajstić information content (AvgIpc) is 2.58. The van der Waals surface area contributed by atoms with Gasteiger partial charge in [-0.15, -0.1) is 0 Å².